The fourth-order valence-electron chi connectivity index (χ4n) is 1.37. The maximum atomic E-state index is 4.15. The van der Waals surface area contributed by atoms with Gasteiger partial charge in [-0.25, -0.2) is 0 Å². The van der Waals surface area contributed by atoms with Crippen LogP contribution in [0.25, 0.3) is 0 Å². The van der Waals surface area contributed by atoms with Crippen LogP contribution in [-0.2, 0) is 11.5 Å². The molecule has 0 fully saturated rings. The van der Waals surface area contributed by atoms with E-state index in [4.69, 9.17) is 0 Å². The first-order valence-corrected chi connectivity index (χ1v) is 7.53. The van der Waals surface area contributed by atoms with Gasteiger partial charge in [-0.2, -0.15) is 0 Å². The van der Waals surface area contributed by atoms with Crippen molar-refractivity contribution in [3.05, 3.63) is 40.9 Å². The number of anilines is 1. The smallest absolute Gasteiger partial charge is 0.205 e. The minimum atomic E-state index is 0.895. The summed E-state index contributed by atoms with van der Waals surface area (Å²) >= 11 is 3.51. The average Bonchev–Trinajstić information content (AvgIpc) is 2.79. The molecule has 0 amide bonds. The molecule has 0 bridgehead atoms. The molecule has 0 saturated carbocycles. The molecule has 1 heterocycles. The highest BCUT2D eigenvalue weighted by atomic mass is 32.2. The molecule has 2 rings (SSSR count). The molecule has 1 aromatic carbocycles. The molecule has 0 aliphatic heterocycles. The van der Waals surface area contributed by atoms with E-state index in [0.717, 1.165) is 28.2 Å². The molecule has 0 radical (unpaired) electrons. The van der Waals surface area contributed by atoms with Crippen molar-refractivity contribution in [1.82, 2.24) is 10.2 Å². The van der Waals surface area contributed by atoms with E-state index in [1.54, 1.807) is 11.3 Å². The predicted molar refractivity (Wildman–Crippen MR) is 75.5 cm³/mol. The van der Waals surface area contributed by atoms with Gasteiger partial charge in [0.05, 0.1) is 0 Å². The summed E-state index contributed by atoms with van der Waals surface area (Å²) in [7, 11) is 0. The lowest BCUT2D eigenvalue weighted by Gasteiger charge is -1.98. The van der Waals surface area contributed by atoms with Gasteiger partial charge in [-0.05, 0) is 12.5 Å². The molecule has 3 nitrogen and oxygen atoms in total. The van der Waals surface area contributed by atoms with Crippen molar-refractivity contribution < 1.29 is 0 Å². The van der Waals surface area contributed by atoms with E-state index in [1.807, 2.05) is 17.8 Å². The van der Waals surface area contributed by atoms with Gasteiger partial charge < -0.3 is 5.32 Å². The topological polar surface area (TPSA) is 37.8 Å². The Hall–Kier alpha value is -1.07. The molecule has 0 unspecified atom stereocenters. The van der Waals surface area contributed by atoms with Gasteiger partial charge in [-0.15, -0.1) is 22.0 Å². The Balaban J connectivity index is 1.78. The first-order chi connectivity index (χ1) is 8.38. The standard InChI is InChI=1S/C12H15N3S2/c1-2-13-12-15-14-11(17-12)9-16-8-10-6-4-3-5-7-10/h3-7H,2,8-9H2,1H3,(H,13,15). The zero-order chi connectivity index (χ0) is 11.9. The quantitative estimate of drug-likeness (QED) is 0.868. The Bertz CT molecular complexity index is 442. The molecule has 0 saturated heterocycles. The Labute approximate surface area is 110 Å². The molecule has 90 valence electrons. The van der Waals surface area contributed by atoms with E-state index >= 15 is 0 Å². The van der Waals surface area contributed by atoms with E-state index < -0.39 is 0 Å². The maximum Gasteiger partial charge on any atom is 0.205 e. The highest BCUT2D eigenvalue weighted by molar-refractivity contribution is 7.97. The zero-order valence-corrected chi connectivity index (χ0v) is 11.4. The number of benzene rings is 1. The number of hydrogen-bond acceptors (Lipinski definition) is 5. The summed E-state index contributed by atoms with van der Waals surface area (Å²) < 4.78 is 0. The van der Waals surface area contributed by atoms with Crippen molar-refractivity contribution >= 4 is 28.2 Å². The van der Waals surface area contributed by atoms with Crippen molar-refractivity contribution in [2.45, 2.75) is 18.4 Å². The van der Waals surface area contributed by atoms with Crippen molar-refractivity contribution in [3.8, 4) is 0 Å². The fraction of sp³-hybridized carbons (Fsp3) is 0.333. The molecule has 0 aliphatic rings. The Morgan fingerprint density at radius 3 is 2.76 bits per heavy atom. The summed E-state index contributed by atoms with van der Waals surface area (Å²) in [5.41, 5.74) is 1.36. The summed E-state index contributed by atoms with van der Waals surface area (Å²) in [6, 6.07) is 10.5. The molecular formula is C12H15N3S2. The van der Waals surface area contributed by atoms with Crippen LogP contribution in [0.2, 0.25) is 0 Å². The lowest BCUT2D eigenvalue weighted by molar-refractivity contribution is 1.03. The van der Waals surface area contributed by atoms with E-state index in [0.29, 0.717) is 0 Å². The van der Waals surface area contributed by atoms with Gasteiger partial charge in [0.25, 0.3) is 0 Å². The third kappa shape index (κ3) is 4.02. The van der Waals surface area contributed by atoms with E-state index in [-0.39, 0.29) is 0 Å². The second-order valence-electron chi connectivity index (χ2n) is 3.51. The van der Waals surface area contributed by atoms with Crippen LogP contribution >= 0.6 is 23.1 Å². The van der Waals surface area contributed by atoms with Gasteiger partial charge in [0, 0.05) is 18.1 Å². The van der Waals surface area contributed by atoms with E-state index in [1.165, 1.54) is 5.56 Å². The van der Waals surface area contributed by atoms with Crippen LogP contribution in [-0.4, -0.2) is 16.7 Å². The predicted octanol–water partition coefficient (Wildman–Crippen LogP) is 3.40. The molecule has 2 aromatic rings. The van der Waals surface area contributed by atoms with Crippen LogP contribution in [0.3, 0.4) is 0 Å². The van der Waals surface area contributed by atoms with Crippen molar-refractivity contribution in [1.29, 1.82) is 0 Å². The number of nitrogens with zero attached hydrogens (tertiary/aromatic N) is 2. The van der Waals surface area contributed by atoms with Gasteiger partial charge in [0.2, 0.25) is 5.13 Å². The minimum absolute atomic E-state index is 0.895. The van der Waals surface area contributed by atoms with E-state index in [2.05, 4.69) is 46.7 Å². The van der Waals surface area contributed by atoms with Crippen LogP contribution in [0.15, 0.2) is 30.3 Å². The van der Waals surface area contributed by atoms with Gasteiger partial charge >= 0.3 is 0 Å². The van der Waals surface area contributed by atoms with Crippen LogP contribution in [0.5, 0.6) is 0 Å². The zero-order valence-electron chi connectivity index (χ0n) is 9.72. The van der Waals surface area contributed by atoms with Gasteiger partial charge in [-0.1, -0.05) is 41.7 Å². The van der Waals surface area contributed by atoms with Crippen LogP contribution in [0, 0.1) is 0 Å². The summed E-state index contributed by atoms with van der Waals surface area (Å²) in [4.78, 5) is 0. The van der Waals surface area contributed by atoms with Crippen LogP contribution < -0.4 is 5.32 Å². The van der Waals surface area contributed by atoms with E-state index in [9.17, 15) is 0 Å². The first-order valence-electron chi connectivity index (χ1n) is 5.56. The molecule has 0 atom stereocenters. The third-order valence-electron chi connectivity index (χ3n) is 2.13. The van der Waals surface area contributed by atoms with Gasteiger partial charge in [0.1, 0.15) is 5.01 Å². The Kier molecular flexibility index (Phi) is 4.82. The van der Waals surface area contributed by atoms with Crippen molar-refractivity contribution in [2.24, 2.45) is 0 Å². The Morgan fingerprint density at radius 1 is 1.18 bits per heavy atom. The van der Waals surface area contributed by atoms with Crippen molar-refractivity contribution in [3.63, 3.8) is 0 Å². The maximum absolute atomic E-state index is 4.15. The van der Waals surface area contributed by atoms with Crippen molar-refractivity contribution in [2.75, 3.05) is 11.9 Å². The molecule has 0 aliphatic carbocycles. The van der Waals surface area contributed by atoms with Crippen LogP contribution in [0.1, 0.15) is 17.5 Å². The summed E-state index contributed by atoms with van der Waals surface area (Å²) in [5, 5.41) is 13.4. The number of hydrogen-bond donors (Lipinski definition) is 1. The largest absolute Gasteiger partial charge is 0.360 e. The summed E-state index contributed by atoms with van der Waals surface area (Å²) in [5.74, 6) is 1.95. The normalized spacial score (nSPS) is 10.4. The number of aromatic nitrogens is 2. The molecule has 0 spiro atoms. The second kappa shape index (κ2) is 6.61. The lowest BCUT2D eigenvalue weighted by atomic mass is 10.2. The highest BCUT2D eigenvalue weighted by Gasteiger charge is 2.03. The highest BCUT2D eigenvalue weighted by Crippen LogP contribution is 2.22. The number of rotatable bonds is 6. The summed E-state index contributed by atoms with van der Waals surface area (Å²) in [6.45, 7) is 2.96. The third-order valence-corrected chi connectivity index (χ3v) is 4.21. The van der Waals surface area contributed by atoms with Gasteiger partial charge in [-0.3, -0.25) is 0 Å². The number of nitrogens with one attached hydrogen (secondary N) is 1. The average molecular weight is 265 g/mol. The fourth-order valence-corrected chi connectivity index (χ4v) is 3.22. The SMILES string of the molecule is CCNc1nnc(CSCc2ccccc2)s1. The monoisotopic (exact) mass is 265 g/mol. The molecule has 1 N–H and O–H groups in total. The van der Waals surface area contributed by atoms with Gasteiger partial charge in [0.15, 0.2) is 0 Å². The lowest BCUT2D eigenvalue weighted by Crippen LogP contribution is -1.94. The first kappa shape index (κ1) is 12.4. The summed E-state index contributed by atoms with van der Waals surface area (Å²) in [6.07, 6.45) is 0. The Morgan fingerprint density at radius 2 is 2.00 bits per heavy atom. The number of thioether (sulfide) groups is 1. The second-order valence-corrected chi connectivity index (χ2v) is 5.56. The molecule has 5 heteroatoms. The molecule has 17 heavy (non-hydrogen) atoms. The molecule has 1 aromatic heterocycles. The molecular weight excluding hydrogens is 250 g/mol. The minimum Gasteiger partial charge on any atom is -0.360 e. The van der Waals surface area contributed by atoms with Crippen LogP contribution in [0.4, 0.5) is 5.13 Å².